The van der Waals surface area contributed by atoms with Gasteiger partial charge in [0.1, 0.15) is 0 Å². The Kier molecular flexibility index (Phi) is 2.01. The van der Waals surface area contributed by atoms with Crippen LogP contribution in [-0.4, -0.2) is 18.9 Å². The highest BCUT2D eigenvalue weighted by molar-refractivity contribution is 5.91. The predicted octanol–water partition coefficient (Wildman–Crippen LogP) is 0.351. The van der Waals surface area contributed by atoms with Crippen molar-refractivity contribution in [2.75, 3.05) is 13.1 Å². The minimum atomic E-state index is 0.181. The molecule has 0 aliphatic carbocycles. The molecule has 0 amide bonds. The fourth-order valence-corrected chi connectivity index (χ4v) is 1.06. The quantitative estimate of drug-likeness (QED) is 0.539. The summed E-state index contributed by atoms with van der Waals surface area (Å²) in [5.74, 6) is 0.391. The third kappa shape index (κ3) is 1.39. The number of hydrogen-bond donors (Lipinski definition) is 1. The molecule has 0 aromatic rings. The Morgan fingerprint density at radius 3 is 3.00 bits per heavy atom. The Morgan fingerprint density at radius 1 is 1.78 bits per heavy atom. The van der Waals surface area contributed by atoms with Crippen molar-refractivity contribution in [2.45, 2.75) is 6.42 Å². The van der Waals surface area contributed by atoms with Crippen LogP contribution in [0.25, 0.3) is 0 Å². The Hall–Kier alpha value is -0.630. The first-order chi connectivity index (χ1) is 4.34. The molecule has 9 heavy (non-hydrogen) atoms. The summed E-state index contributed by atoms with van der Waals surface area (Å²) >= 11 is 0. The van der Waals surface area contributed by atoms with Gasteiger partial charge in [-0.1, -0.05) is 6.58 Å². The first-order valence-corrected chi connectivity index (χ1v) is 3.21. The Balaban J connectivity index is 2.41. The van der Waals surface area contributed by atoms with Crippen LogP contribution in [-0.2, 0) is 4.79 Å². The van der Waals surface area contributed by atoms with E-state index in [-0.39, 0.29) is 11.7 Å². The number of rotatable bonds is 2. The summed E-state index contributed by atoms with van der Waals surface area (Å²) in [5, 5.41) is 3.12. The summed E-state index contributed by atoms with van der Waals surface area (Å²) in [5.41, 5.74) is 0. The minimum absolute atomic E-state index is 0.181. The van der Waals surface area contributed by atoms with Crippen LogP contribution < -0.4 is 5.32 Å². The number of carbonyl (C=O) groups is 1. The van der Waals surface area contributed by atoms with E-state index in [1.807, 2.05) is 0 Å². The molecule has 0 bridgehead atoms. The molecule has 0 radical (unpaired) electrons. The van der Waals surface area contributed by atoms with E-state index in [2.05, 4.69) is 11.9 Å². The lowest BCUT2D eigenvalue weighted by molar-refractivity contribution is -0.117. The standard InChI is InChI=1S/C7H11NO/c1-2-7(9)6-3-4-8-5-6/h2,6,8H,1,3-5H2/t6-/m0/s1. The van der Waals surface area contributed by atoms with Crippen LogP contribution in [0, 0.1) is 5.92 Å². The molecule has 0 unspecified atom stereocenters. The zero-order chi connectivity index (χ0) is 6.69. The lowest BCUT2D eigenvalue weighted by Crippen LogP contribution is -2.15. The molecule has 50 valence electrons. The predicted molar refractivity (Wildman–Crippen MR) is 36.2 cm³/mol. The van der Waals surface area contributed by atoms with Gasteiger partial charge >= 0.3 is 0 Å². The highest BCUT2D eigenvalue weighted by Gasteiger charge is 2.19. The fraction of sp³-hybridized carbons (Fsp3) is 0.571. The van der Waals surface area contributed by atoms with Crippen LogP contribution in [0.2, 0.25) is 0 Å². The highest BCUT2D eigenvalue weighted by Crippen LogP contribution is 2.08. The molecule has 1 N–H and O–H groups in total. The summed E-state index contributed by atoms with van der Waals surface area (Å²) in [4.78, 5) is 10.9. The Labute approximate surface area is 54.9 Å². The first kappa shape index (κ1) is 6.49. The van der Waals surface area contributed by atoms with E-state index >= 15 is 0 Å². The molecule has 2 heteroatoms. The van der Waals surface area contributed by atoms with Gasteiger partial charge in [-0.3, -0.25) is 4.79 Å². The first-order valence-electron chi connectivity index (χ1n) is 3.21. The summed E-state index contributed by atoms with van der Waals surface area (Å²) in [6.45, 7) is 5.24. The monoisotopic (exact) mass is 125 g/mol. The minimum Gasteiger partial charge on any atom is -0.316 e. The van der Waals surface area contributed by atoms with Crippen LogP contribution in [0.5, 0.6) is 0 Å². The topological polar surface area (TPSA) is 29.1 Å². The van der Waals surface area contributed by atoms with Gasteiger partial charge in [-0.2, -0.15) is 0 Å². The third-order valence-electron chi connectivity index (χ3n) is 1.66. The van der Waals surface area contributed by atoms with E-state index in [1.165, 1.54) is 6.08 Å². The van der Waals surface area contributed by atoms with Gasteiger partial charge in [-0.25, -0.2) is 0 Å². The number of carbonyl (C=O) groups excluding carboxylic acids is 1. The molecular formula is C7H11NO. The number of ketones is 1. The summed E-state index contributed by atoms with van der Waals surface area (Å²) in [6.07, 6.45) is 2.39. The maximum absolute atomic E-state index is 10.9. The second-order valence-corrected chi connectivity index (χ2v) is 2.30. The van der Waals surface area contributed by atoms with E-state index in [0.29, 0.717) is 0 Å². The lowest BCUT2D eigenvalue weighted by Gasteiger charge is -1.99. The molecule has 2 nitrogen and oxygen atoms in total. The summed E-state index contributed by atoms with van der Waals surface area (Å²) in [6, 6.07) is 0. The van der Waals surface area contributed by atoms with Gasteiger partial charge in [-0.05, 0) is 19.0 Å². The third-order valence-corrected chi connectivity index (χ3v) is 1.66. The van der Waals surface area contributed by atoms with Crippen molar-refractivity contribution >= 4 is 5.78 Å². The molecule has 0 aromatic carbocycles. The van der Waals surface area contributed by atoms with Crippen molar-refractivity contribution < 1.29 is 4.79 Å². The average molecular weight is 125 g/mol. The van der Waals surface area contributed by atoms with Crippen molar-refractivity contribution in [3.8, 4) is 0 Å². The van der Waals surface area contributed by atoms with Gasteiger partial charge in [-0.15, -0.1) is 0 Å². The number of nitrogens with one attached hydrogen (secondary N) is 1. The summed E-state index contributed by atoms with van der Waals surface area (Å²) < 4.78 is 0. The van der Waals surface area contributed by atoms with Gasteiger partial charge in [0, 0.05) is 12.5 Å². The van der Waals surface area contributed by atoms with Gasteiger partial charge in [0.25, 0.3) is 0 Å². The Bertz CT molecular complexity index is 125. The smallest absolute Gasteiger partial charge is 0.159 e. The normalized spacial score (nSPS) is 26.0. The average Bonchev–Trinajstić information content (AvgIpc) is 2.37. The molecule has 1 heterocycles. The van der Waals surface area contributed by atoms with Crippen LogP contribution in [0.3, 0.4) is 0 Å². The van der Waals surface area contributed by atoms with Crippen molar-refractivity contribution in [2.24, 2.45) is 5.92 Å². The lowest BCUT2D eigenvalue weighted by atomic mass is 10.0. The SMILES string of the molecule is C=CC(=O)[C@H]1CCNC1. The molecule has 0 spiro atoms. The van der Waals surface area contributed by atoms with Crippen LogP contribution in [0.1, 0.15) is 6.42 Å². The van der Waals surface area contributed by atoms with Crippen molar-refractivity contribution in [1.82, 2.24) is 5.32 Å². The van der Waals surface area contributed by atoms with E-state index in [0.717, 1.165) is 19.5 Å². The zero-order valence-electron chi connectivity index (χ0n) is 5.39. The van der Waals surface area contributed by atoms with Crippen molar-refractivity contribution in [1.29, 1.82) is 0 Å². The largest absolute Gasteiger partial charge is 0.316 e. The zero-order valence-corrected chi connectivity index (χ0v) is 5.39. The van der Waals surface area contributed by atoms with E-state index in [1.54, 1.807) is 0 Å². The molecule has 0 saturated carbocycles. The highest BCUT2D eigenvalue weighted by atomic mass is 16.1. The molecule has 1 fully saturated rings. The van der Waals surface area contributed by atoms with Gasteiger partial charge < -0.3 is 5.32 Å². The van der Waals surface area contributed by atoms with E-state index < -0.39 is 0 Å². The van der Waals surface area contributed by atoms with Crippen molar-refractivity contribution in [3.63, 3.8) is 0 Å². The second-order valence-electron chi connectivity index (χ2n) is 2.30. The molecule has 1 aliphatic rings. The summed E-state index contributed by atoms with van der Waals surface area (Å²) in [7, 11) is 0. The number of hydrogen-bond acceptors (Lipinski definition) is 2. The number of allylic oxidation sites excluding steroid dienone is 1. The molecule has 1 rings (SSSR count). The Morgan fingerprint density at radius 2 is 2.56 bits per heavy atom. The maximum Gasteiger partial charge on any atom is 0.159 e. The van der Waals surface area contributed by atoms with Crippen LogP contribution in [0.4, 0.5) is 0 Å². The van der Waals surface area contributed by atoms with Gasteiger partial charge in [0.2, 0.25) is 0 Å². The van der Waals surface area contributed by atoms with Crippen molar-refractivity contribution in [3.05, 3.63) is 12.7 Å². The molecule has 1 atom stereocenters. The van der Waals surface area contributed by atoms with Gasteiger partial charge in [0.05, 0.1) is 0 Å². The molecule has 1 aliphatic heterocycles. The van der Waals surface area contributed by atoms with E-state index in [9.17, 15) is 4.79 Å². The fourth-order valence-electron chi connectivity index (χ4n) is 1.06. The molecular weight excluding hydrogens is 114 g/mol. The van der Waals surface area contributed by atoms with Crippen LogP contribution in [0.15, 0.2) is 12.7 Å². The second kappa shape index (κ2) is 2.78. The molecule has 0 aromatic heterocycles. The van der Waals surface area contributed by atoms with E-state index in [4.69, 9.17) is 0 Å². The van der Waals surface area contributed by atoms with Gasteiger partial charge in [0.15, 0.2) is 5.78 Å². The maximum atomic E-state index is 10.9. The van der Waals surface area contributed by atoms with Crippen LogP contribution >= 0.6 is 0 Å². The molecule has 1 saturated heterocycles.